The molecule has 1 atom stereocenters. The quantitative estimate of drug-likeness (QED) is 0.352. The molecule has 5 rings (SSSR count). The van der Waals surface area contributed by atoms with E-state index < -0.39 is 6.04 Å². The number of carbonyl (C=O) groups excluding carboxylic acids is 1. The van der Waals surface area contributed by atoms with Crippen molar-refractivity contribution in [1.82, 2.24) is 9.55 Å². The summed E-state index contributed by atoms with van der Waals surface area (Å²) in [4.78, 5) is 18.6. The molecule has 0 aliphatic carbocycles. The van der Waals surface area contributed by atoms with Gasteiger partial charge in [0, 0.05) is 15.7 Å². The monoisotopic (exact) mass is 518 g/mol. The summed E-state index contributed by atoms with van der Waals surface area (Å²) in [5.41, 5.74) is 4.44. The van der Waals surface area contributed by atoms with Crippen molar-refractivity contribution in [3.63, 3.8) is 0 Å². The molecule has 0 fully saturated rings. The van der Waals surface area contributed by atoms with Gasteiger partial charge >= 0.3 is 0 Å². The van der Waals surface area contributed by atoms with Gasteiger partial charge in [0.2, 0.25) is 5.95 Å². The van der Waals surface area contributed by atoms with Crippen LogP contribution in [0.5, 0.6) is 11.5 Å². The lowest BCUT2D eigenvalue weighted by atomic mass is 9.93. The van der Waals surface area contributed by atoms with E-state index in [1.807, 2.05) is 78.2 Å². The number of anilines is 2. The van der Waals surface area contributed by atoms with Gasteiger partial charge in [-0.15, -0.1) is 0 Å². The van der Waals surface area contributed by atoms with Crippen molar-refractivity contribution in [1.29, 1.82) is 0 Å². The zero-order valence-electron chi connectivity index (χ0n) is 18.9. The molecule has 1 aromatic heterocycles. The lowest BCUT2D eigenvalue weighted by Gasteiger charge is -2.31. The number of methoxy groups -OCH3 is 2. The van der Waals surface area contributed by atoms with E-state index in [4.69, 9.17) is 14.5 Å². The molecule has 7 nitrogen and oxygen atoms in total. The first-order valence-corrected chi connectivity index (χ1v) is 11.5. The zero-order valence-corrected chi connectivity index (χ0v) is 20.5. The maximum atomic E-state index is 13.8. The molecule has 0 unspecified atom stereocenters. The van der Waals surface area contributed by atoms with Crippen LogP contribution in [-0.4, -0.2) is 29.7 Å². The third kappa shape index (κ3) is 3.70. The number of para-hydroxylation sites is 4. The van der Waals surface area contributed by atoms with Gasteiger partial charge in [0.1, 0.15) is 11.5 Å². The fraction of sp³-hybridized carbons (Fsp3) is 0.154. The largest absolute Gasteiger partial charge is 0.496 e. The second-order valence-electron chi connectivity index (χ2n) is 7.90. The molecular formula is C26H23BrN4O3. The van der Waals surface area contributed by atoms with E-state index in [0.717, 1.165) is 21.1 Å². The van der Waals surface area contributed by atoms with E-state index in [0.29, 0.717) is 34.4 Å². The molecule has 0 radical (unpaired) electrons. The lowest BCUT2D eigenvalue weighted by Crippen LogP contribution is -2.31. The highest BCUT2D eigenvalue weighted by Gasteiger charge is 2.36. The second kappa shape index (κ2) is 8.87. The smallest absolute Gasteiger partial charge is 0.255 e. The SMILES string of the molecule is COc1ccccc1NC(=O)C1=C(C)Nc2nc3ccccc3n2[C@H]1c1cc(Br)ccc1OC. The highest BCUT2D eigenvalue weighted by atomic mass is 79.9. The Morgan fingerprint density at radius 2 is 1.76 bits per heavy atom. The van der Waals surface area contributed by atoms with Gasteiger partial charge in [-0.3, -0.25) is 9.36 Å². The molecule has 3 aromatic carbocycles. The standard InChI is InChI=1S/C26H23BrN4O3/c1-15-23(25(32)29-19-9-5-7-11-22(19)34-3)24(17-14-16(27)12-13-21(17)33-2)31-20-10-6-4-8-18(20)30-26(31)28-15/h4-14,24H,1-3H3,(H,28,30)(H,29,32)/t24-/m0/s1. The second-order valence-corrected chi connectivity index (χ2v) is 8.82. The highest BCUT2D eigenvalue weighted by Crippen LogP contribution is 2.43. The first kappa shape index (κ1) is 22.0. The summed E-state index contributed by atoms with van der Waals surface area (Å²) in [5, 5.41) is 6.37. The highest BCUT2D eigenvalue weighted by molar-refractivity contribution is 9.10. The average Bonchev–Trinajstić information content (AvgIpc) is 3.21. The summed E-state index contributed by atoms with van der Waals surface area (Å²) in [6.07, 6.45) is 0. The van der Waals surface area contributed by atoms with Gasteiger partial charge in [0.05, 0.1) is 42.6 Å². The molecule has 172 valence electrons. The summed E-state index contributed by atoms with van der Waals surface area (Å²) in [6, 6.07) is 20.5. The maximum absolute atomic E-state index is 13.8. The number of benzene rings is 3. The minimum atomic E-state index is -0.481. The predicted octanol–water partition coefficient (Wildman–Crippen LogP) is 5.74. The van der Waals surface area contributed by atoms with Crippen LogP contribution in [0, 0.1) is 0 Å². The van der Waals surface area contributed by atoms with Gasteiger partial charge in [0.25, 0.3) is 5.91 Å². The number of hydrogen-bond donors (Lipinski definition) is 2. The van der Waals surface area contributed by atoms with Crippen LogP contribution in [0.3, 0.4) is 0 Å². The number of rotatable bonds is 5. The van der Waals surface area contributed by atoms with Crippen LogP contribution in [-0.2, 0) is 4.79 Å². The number of carbonyl (C=O) groups is 1. The van der Waals surface area contributed by atoms with Crippen molar-refractivity contribution in [2.45, 2.75) is 13.0 Å². The first-order chi connectivity index (χ1) is 16.5. The Morgan fingerprint density at radius 1 is 1.03 bits per heavy atom. The predicted molar refractivity (Wildman–Crippen MR) is 137 cm³/mol. The topological polar surface area (TPSA) is 77.4 Å². The number of fused-ring (bicyclic) bond motifs is 3. The van der Waals surface area contributed by atoms with Crippen LogP contribution in [0.25, 0.3) is 11.0 Å². The third-order valence-corrected chi connectivity index (χ3v) is 6.41. The molecule has 0 bridgehead atoms. The Kier molecular flexibility index (Phi) is 5.75. The van der Waals surface area contributed by atoms with Gasteiger partial charge < -0.3 is 20.1 Å². The molecule has 8 heteroatoms. The minimum absolute atomic E-state index is 0.245. The van der Waals surface area contributed by atoms with E-state index in [-0.39, 0.29) is 5.91 Å². The van der Waals surface area contributed by atoms with Crippen LogP contribution in [0.1, 0.15) is 18.5 Å². The zero-order chi connectivity index (χ0) is 23.8. The number of allylic oxidation sites excluding steroid dienone is 1. The lowest BCUT2D eigenvalue weighted by molar-refractivity contribution is -0.113. The van der Waals surface area contributed by atoms with Crippen molar-refractivity contribution < 1.29 is 14.3 Å². The molecular weight excluding hydrogens is 496 g/mol. The van der Waals surface area contributed by atoms with E-state index >= 15 is 0 Å². The number of hydrogen-bond acceptors (Lipinski definition) is 5. The number of nitrogens with one attached hydrogen (secondary N) is 2. The van der Waals surface area contributed by atoms with Crippen molar-refractivity contribution in [2.75, 3.05) is 24.9 Å². The van der Waals surface area contributed by atoms with Crippen LogP contribution >= 0.6 is 15.9 Å². The van der Waals surface area contributed by atoms with Crippen molar-refractivity contribution in [2.24, 2.45) is 0 Å². The molecule has 0 spiro atoms. The molecule has 1 amide bonds. The van der Waals surface area contributed by atoms with E-state index in [2.05, 4.69) is 26.6 Å². The van der Waals surface area contributed by atoms with Gasteiger partial charge in [-0.2, -0.15) is 0 Å². The van der Waals surface area contributed by atoms with Crippen LogP contribution in [0.2, 0.25) is 0 Å². The van der Waals surface area contributed by atoms with E-state index in [9.17, 15) is 4.79 Å². The summed E-state index contributed by atoms with van der Waals surface area (Å²) in [7, 11) is 3.21. The number of halogens is 1. The van der Waals surface area contributed by atoms with E-state index in [1.54, 1.807) is 14.2 Å². The molecule has 1 aliphatic rings. The number of imidazole rings is 1. The summed E-state index contributed by atoms with van der Waals surface area (Å²) in [6.45, 7) is 1.89. The Bertz CT molecular complexity index is 1440. The fourth-order valence-corrected chi connectivity index (χ4v) is 4.79. The van der Waals surface area contributed by atoms with Gasteiger partial charge in [-0.1, -0.05) is 40.2 Å². The Balaban J connectivity index is 1.71. The molecule has 0 saturated heterocycles. The normalized spacial score (nSPS) is 15.0. The Morgan fingerprint density at radius 3 is 2.56 bits per heavy atom. The molecule has 2 N–H and O–H groups in total. The fourth-order valence-electron chi connectivity index (χ4n) is 4.41. The molecule has 34 heavy (non-hydrogen) atoms. The van der Waals surface area contributed by atoms with Gasteiger partial charge in [-0.05, 0) is 49.4 Å². The van der Waals surface area contributed by atoms with Crippen LogP contribution in [0.4, 0.5) is 11.6 Å². The summed E-state index contributed by atoms with van der Waals surface area (Å²) >= 11 is 3.59. The molecule has 4 aromatic rings. The molecule has 2 heterocycles. The molecule has 1 aliphatic heterocycles. The number of aromatic nitrogens is 2. The van der Waals surface area contributed by atoms with Gasteiger partial charge in [0.15, 0.2) is 0 Å². The Hall–Kier alpha value is -3.78. The van der Waals surface area contributed by atoms with Crippen molar-refractivity contribution in [3.05, 3.63) is 88.0 Å². The number of ether oxygens (including phenoxy) is 2. The summed E-state index contributed by atoms with van der Waals surface area (Å²) < 4.78 is 14.1. The minimum Gasteiger partial charge on any atom is -0.496 e. The van der Waals surface area contributed by atoms with E-state index in [1.165, 1.54) is 0 Å². The Labute approximate surface area is 205 Å². The number of amides is 1. The van der Waals surface area contributed by atoms with Crippen LogP contribution < -0.4 is 20.1 Å². The maximum Gasteiger partial charge on any atom is 0.255 e. The summed E-state index contributed by atoms with van der Waals surface area (Å²) in [5.74, 6) is 1.68. The average molecular weight is 519 g/mol. The van der Waals surface area contributed by atoms with Crippen molar-refractivity contribution in [3.8, 4) is 11.5 Å². The first-order valence-electron chi connectivity index (χ1n) is 10.7. The molecule has 0 saturated carbocycles. The third-order valence-electron chi connectivity index (χ3n) is 5.92. The number of nitrogens with zero attached hydrogens (tertiary/aromatic N) is 2. The van der Waals surface area contributed by atoms with Crippen molar-refractivity contribution >= 4 is 44.5 Å². The van der Waals surface area contributed by atoms with Crippen LogP contribution in [0.15, 0.2) is 82.5 Å². The van der Waals surface area contributed by atoms with Gasteiger partial charge in [-0.25, -0.2) is 4.98 Å².